The number of carboxylic acids is 1. The van der Waals surface area contributed by atoms with E-state index >= 15 is 0 Å². The number of carboxylic acid groups (broad SMARTS) is 1. The number of carbonyl (C=O) groups is 2. The zero-order valence-electron chi connectivity index (χ0n) is 17.2. The molecular formula is C25H23NO6. The Kier molecular flexibility index (Phi) is 5.98. The summed E-state index contributed by atoms with van der Waals surface area (Å²) >= 11 is 0. The van der Waals surface area contributed by atoms with Crippen molar-refractivity contribution in [2.75, 3.05) is 13.2 Å². The SMILES string of the molecule is O=C(NC[C@@H](Cc1ccc(O)c(O)c1)C(=O)O)OCC1c2ccccc2-c2ccccc21. The monoisotopic (exact) mass is 433 g/mol. The summed E-state index contributed by atoms with van der Waals surface area (Å²) in [6, 6.07) is 20.1. The predicted octanol–water partition coefficient (Wildman–Crippen LogP) is 3.88. The first kappa shape index (κ1) is 21.2. The molecule has 4 N–H and O–H groups in total. The van der Waals surface area contributed by atoms with Crippen molar-refractivity contribution in [3.05, 3.63) is 83.4 Å². The molecule has 0 radical (unpaired) electrons. The number of carbonyl (C=O) groups excluding carboxylic acids is 1. The minimum absolute atomic E-state index is 0.0762. The number of fused-ring (bicyclic) bond motifs is 3. The van der Waals surface area contributed by atoms with E-state index in [9.17, 15) is 24.9 Å². The van der Waals surface area contributed by atoms with Gasteiger partial charge in [-0.05, 0) is 46.4 Å². The highest BCUT2D eigenvalue weighted by Gasteiger charge is 2.29. The van der Waals surface area contributed by atoms with Gasteiger partial charge in [-0.15, -0.1) is 0 Å². The smallest absolute Gasteiger partial charge is 0.407 e. The van der Waals surface area contributed by atoms with Crippen molar-refractivity contribution < 1.29 is 29.6 Å². The van der Waals surface area contributed by atoms with Crippen LogP contribution in [0.1, 0.15) is 22.6 Å². The summed E-state index contributed by atoms with van der Waals surface area (Å²) in [4.78, 5) is 23.9. The first-order valence-corrected chi connectivity index (χ1v) is 10.3. The molecule has 0 fully saturated rings. The van der Waals surface area contributed by atoms with Crippen LogP contribution in [0.5, 0.6) is 11.5 Å². The van der Waals surface area contributed by atoms with Gasteiger partial charge >= 0.3 is 12.1 Å². The van der Waals surface area contributed by atoms with E-state index in [-0.39, 0.29) is 37.0 Å². The molecule has 0 saturated carbocycles. The number of aromatic hydroxyl groups is 2. The van der Waals surface area contributed by atoms with Crippen molar-refractivity contribution >= 4 is 12.1 Å². The molecule has 7 nitrogen and oxygen atoms in total. The Bertz CT molecular complexity index is 1110. The molecule has 0 bridgehead atoms. The van der Waals surface area contributed by atoms with E-state index in [1.807, 2.05) is 48.5 Å². The van der Waals surface area contributed by atoms with Crippen LogP contribution >= 0.6 is 0 Å². The van der Waals surface area contributed by atoms with Crippen LogP contribution in [-0.2, 0) is 16.0 Å². The van der Waals surface area contributed by atoms with Crippen LogP contribution < -0.4 is 5.32 Å². The minimum Gasteiger partial charge on any atom is -0.504 e. The Labute approximate surface area is 184 Å². The number of benzene rings is 3. The average Bonchev–Trinajstić information content (AvgIpc) is 3.11. The lowest BCUT2D eigenvalue weighted by molar-refractivity contribution is -0.141. The number of hydrogen-bond donors (Lipinski definition) is 4. The van der Waals surface area contributed by atoms with Gasteiger partial charge in [-0.25, -0.2) is 4.79 Å². The molecule has 3 aromatic carbocycles. The molecule has 0 unspecified atom stereocenters. The highest BCUT2D eigenvalue weighted by Crippen LogP contribution is 2.44. The fourth-order valence-electron chi connectivity index (χ4n) is 4.08. The number of aliphatic carboxylic acids is 1. The molecule has 0 aromatic heterocycles. The molecule has 164 valence electrons. The molecule has 1 aliphatic rings. The normalized spacial score (nSPS) is 13.1. The van der Waals surface area contributed by atoms with Gasteiger partial charge < -0.3 is 25.4 Å². The van der Waals surface area contributed by atoms with Gasteiger partial charge in [0.1, 0.15) is 6.61 Å². The van der Waals surface area contributed by atoms with Crippen LogP contribution in [0.2, 0.25) is 0 Å². The topological polar surface area (TPSA) is 116 Å². The maximum atomic E-state index is 12.3. The summed E-state index contributed by atoms with van der Waals surface area (Å²) in [5, 5.41) is 31.0. The van der Waals surface area contributed by atoms with E-state index in [2.05, 4.69) is 5.32 Å². The third-order valence-electron chi connectivity index (χ3n) is 5.71. The summed E-state index contributed by atoms with van der Waals surface area (Å²) in [6.07, 6.45) is -0.612. The molecule has 0 spiro atoms. The third kappa shape index (κ3) is 4.37. The molecule has 0 saturated heterocycles. The number of nitrogens with one attached hydrogen (secondary N) is 1. The lowest BCUT2D eigenvalue weighted by Gasteiger charge is -2.16. The number of amides is 1. The molecule has 7 heteroatoms. The van der Waals surface area contributed by atoms with Crippen molar-refractivity contribution in [3.63, 3.8) is 0 Å². The van der Waals surface area contributed by atoms with Gasteiger partial charge in [0, 0.05) is 12.5 Å². The van der Waals surface area contributed by atoms with Gasteiger partial charge in [-0.3, -0.25) is 4.79 Å². The van der Waals surface area contributed by atoms with Crippen LogP contribution in [0.3, 0.4) is 0 Å². The fourth-order valence-corrected chi connectivity index (χ4v) is 4.08. The zero-order valence-corrected chi connectivity index (χ0v) is 17.2. The number of phenols is 2. The van der Waals surface area contributed by atoms with E-state index in [0.29, 0.717) is 5.56 Å². The van der Waals surface area contributed by atoms with Crippen molar-refractivity contribution in [2.24, 2.45) is 5.92 Å². The first-order chi connectivity index (χ1) is 15.4. The Morgan fingerprint density at radius 1 is 0.906 bits per heavy atom. The summed E-state index contributed by atoms with van der Waals surface area (Å²) in [6.45, 7) is 0.0110. The largest absolute Gasteiger partial charge is 0.504 e. The first-order valence-electron chi connectivity index (χ1n) is 10.3. The van der Waals surface area contributed by atoms with E-state index < -0.39 is 18.0 Å². The van der Waals surface area contributed by atoms with Gasteiger partial charge in [0.25, 0.3) is 0 Å². The zero-order chi connectivity index (χ0) is 22.7. The Balaban J connectivity index is 1.36. The molecule has 1 aliphatic carbocycles. The fraction of sp³-hybridized carbons (Fsp3) is 0.200. The summed E-state index contributed by atoms with van der Waals surface area (Å²) in [5.41, 5.74) is 4.97. The minimum atomic E-state index is -1.09. The Morgan fingerprint density at radius 3 is 2.12 bits per heavy atom. The number of ether oxygens (including phenoxy) is 1. The maximum Gasteiger partial charge on any atom is 0.407 e. The molecule has 0 aliphatic heterocycles. The van der Waals surface area contributed by atoms with Crippen molar-refractivity contribution in [3.8, 4) is 22.6 Å². The van der Waals surface area contributed by atoms with E-state index in [1.165, 1.54) is 18.2 Å². The quantitative estimate of drug-likeness (QED) is 0.420. The van der Waals surface area contributed by atoms with Crippen molar-refractivity contribution in [1.29, 1.82) is 0 Å². The number of hydrogen-bond acceptors (Lipinski definition) is 5. The second-order valence-corrected chi connectivity index (χ2v) is 7.77. The standard InChI is InChI=1S/C25H23NO6/c27-22-10-9-15(12-23(22)28)11-16(24(29)30)13-26-25(31)32-14-21-19-7-3-1-5-17(19)18-6-2-4-8-20(18)21/h1-10,12,16,21,27-28H,11,13-14H2,(H,26,31)(H,29,30)/t16-/m1/s1. The van der Waals surface area contributed by atoms with Crippen LogP contribution in [0, 0.1) is 5.92 Å². The molecular weight excluding hydrogens is 410 g/mol. The van der Waals surface area contributed by atoms with Crippen molar-refractivity contribution in [1.82, 2.24) is 5.32 Å². The predicted molar refractivity (Wildman–Crippen MR) is 118 cm³/mol. The van der Waals surface area contributed by atoms with E-state index in [4.69, 9.17) is 4.74 Å². The number of phenolic OH excluding ortho intramolecular Hbond substituents is 2. The van der Waals surface area contributed by atoms with Crippen LogP contribution in [0.4, 0.5) is 4.79 Å². The Morgan fingerprint density at radius 2 is 1.53 bits per heavy atom. The average molecular weight is 433 g/mol. The van der Waals surface area contributed by atoms with Gasteiger partial charge in [0.05, 0.1) is 5.92 Å². The maximum absolute atomic E-state index is 12.3. The number of rotatable bonds is 7. The second kappa shape index (κ2) is 9.01. The molecule has 32 heavy (non-hydrogen) atoms. The number of alkyl carbamates (subject to hydrolysis) is 1. The van der Waals surface area contributed by atoms with E-state index in [0.717, 1.165) is 22.3 Å². The lowest BCUT2D eigenvalue weighted by Crippen LogP contribution is -2.35. The highest BCUT2D eigenvalue weighted by molar-refractivity contribution is 5.79. The molecule has 4 rings (SSSR count). The summed E-state index contributed by atoms with van der Waals surface area (Å²) in [7, 11) is 0. The Hall–Kier alpha value is -4.00. The summed E-state index contributed by atoms with van der Waals surface area (Å²) < 4.78 is 5.44. The third-order valence-corrected chi connectivity index (χ3v) is 5.71. The molecule has 1 amide bonds. The second-order valence-electron chi connectivity index (χ2n) is 7.77. The van der Waals surface area contributed by atoms with Gasteiger partial charge in [0.15, 0.2) is 11.5 Å². The summed E-state index contributed by atoms with van der Waals surface area (Å²) in [5.74, 6) is -2.69. The van der Waals surface area contributed by atoms with E-state index in [1.54, 1.807) is 0 Å². The van der Waals surface area contributed by atoms with Crippen LogP contribution in [-0.4, -0.2) is 40.5 Å². The lowest BCUT2D eigenvalue weighted by atomic mass is 9.98. The van der Waals surface area contributed by atoms with Crippen LogP contribution in [0.15, 0.2) is 66.7 Å². The molecule has 3 aromatic rings. The van der Waals surface area contributed by atoms with Gasteiger partial charge in [0.2, 0.25) is 0 Å². The highest BCUT2D eigenvalue weighted by atomic mass is 16.5. The van der Waals surface area contributed by atoms with Gasteiger partial charge in [-0.1, -0.05) is 54.6 Å². The molecule has 0 heterocycles. The molecule has 1 atom stereocenters. The van der Waals surface area contributed by atoms with Crippen LogP contribution in [0.25, 0.3) is 11.1 Å². The van der Waals surface area contributed by atoms with Crippen molar-refractivity contribution in [2.45, 2.75) is 12.3 Å². The van der Waals surface area contributed by atoms with Gasteiger partial charge in [-0.2, -0.15) is 0 Å².